The second-order valence-corrected chi connectivity index (χ2v) is 6.42. The maximum Gasteiger partial charge on any atom is 0.338 e. The Labute approximate surface area is 158 Å². The maximum atomic E-state index is 12.5. The molecule has 1 heterocycles. The fraction of sp³-hybridized carbons (Fsp3) is 0.333. The predicted molar refractivity (Wildman–Crippen MR) is 99.9 cm³/mol. The molecule has 6 nitrogen and oxygen atoms in total. The van der Waals surface area contributed by atoms with Crippen molar-refractivity contribution < 1.29 is 23.8 Å². The third-order valence-corrected chi connectivity index (χ3v) is 4.70. The van der Waals surface area contributed by atoms with E-state index in [9.17, 15) is 9.59 Å². The van der Waals surface area contributed by atoms with Crippen molar-refractivity contribution in [2.24, 2.45) is 0 Å². The highest BCUT2D eigenvalue weighted by molar-refractivity contribution is 5.93. The molecule has 0 saturated heterocycles. The molecule has 1 aliphatic heterocycles. The SMILES string of the molecule is CCN(Cc1ccc2c(c1)OCO2)C(=O)COC(=O)c1cccc(C)c1C. The van der Waals surface area contributed by atoms with Crippen LogP contribution in [-0.2, 0) is 16.1 Å². The van der Waals surface area contributed by atoms with E-state index in [1.807, 2.05) is 45.0 Å². The molecule has 1 amide bonds. The van der Waals surface area contributed by atoms with Crippen LogP contribution in [0, 0.1) is 13.8 Å². The molecule has 27 heavy (non-hydrogen) atoms. The first-order valence-corrected chi connectivity index (χ1v) is 8.89. The molecular weight excluding hydrogens is 346 g/mol. The number of rotatable bonds is 6. The zero-order valence-corrected chi connectivity index (χ0v) is 15.8. The minimum Gasteiger partial charge on any atom is -0.454 e. The number of carbonyl (C=O) groups is 2. The van der Waals surface area contributed by atoms with Crippen molar-refractivity contribution in [1.82, 2.24) is 4.90 Å². The Morgan fingerprint density at radius 1 is 1.11 bits per heavy atom. The number of benzene rings is 2. The molecule has 0 N–H and O–H groups in total. The maximum absolute atomic E-state index is 12.5. The van der Waals surface area contributed by atoms with E-state index in [0.717, 1.165) is 16.7 Å². The lowest BCUT2D eigenvalue weighted by Gasteiger charge is -2.21. The number of amides is 1. The molecule has 0 radical (unpaired) electrons. The molecule has 0 aromatic heterocycles. The first-order chi connectivity index (χ1) is 13.0. The van der Waals surface area contributed by atoms with E-state index in [0.29, 0.717) is 30.2 Å². The summed E-state index contributed by atoms with van der Waals surface area (Å²) < 4.78 is 15.9. The zero-order chi connectivity index (χ0) is 19.4. The number of fused-ring (bicyclic) bond motifs is 1. The zero-order valence-electron chi connectivity index (χ0n) is 15.8. The highest BCUT2D eigenvalue weighted by Crippen LogP contribution is 2.32. The van der Waals surface area contributed by atoms with Gasteiger partial charge in [0.1, 0.15) is 0 Å². The molecule has 2 aromatic carbocycles. The van der Waals surface area contributed by atoms with Gasteiger partial charge in [-0.2, -0.15) is 0 Å². The van der Waals surface area contributed by atoms with Crippen LogP contribution in [0.25, 0.3) is 0 Å². The predicted octanol–water partition coefficient (Wildman–Crippen LogP) is 3.24. The van der Waals surface area contributed by atoms with Crippen LogP contribution in [0.1, 0.15) is 34.0 Å². The van der Waals surface area contributed by atoms with Gasteiger partial charge in [-0.3, -0.25) is 4.79 Å². The fourth-order valence-corrected chi connectivity index (χ4v) is 2.90. The van der Waals surface area contributed by atoms with Crippen molar-refractivity contribution >= 4 is 11.9 Å². The summed E-state index contributed by atoms with van der Waals surface area (Å²) in [6.45, 7) is 6.53. The Morgan fingerprint density at radius 3 is 2.67 bits per heavy atom. The van der Waals surface area contributed by atoms with Crippen molar-refractivity contribution in [2.75, 3.05) is 19.9 Å². The lowest BCUT2D eigenvalue weighted by molar-refractivity contribution is -0.134. The monoisotopic (exact) mass is 369 g/mol. The van der Waals surface area contributed by atoms with E-state index in [-0.39, 0.29) is 19.3 Å². The fourth-order valence-electron chi connectivity index (χ4n) is 2.90. The molecule has 6 heteroatoms. The number of ether oxygens (including phenoxy) is 3. The Morgan fingerprint density at radius 2 is 1.89 bits per heavy atom. The number of hydrogen-bond donors (Lipinski definition) is 0. The standard InChI is InChI=1S/C21H23NO5/c1-4-22(11-16-8-9-18-19(10-16)27-13-26-18)20(23)12-25-21(24)17-7-5-6-14(2)15(17)3/h5-10H,4,11-13H2,1-3H3. The van der Waals surface area contributed by atoms with Gasteiger partial charge in [0.25, 0.3) is 5.91 Å². The van der Waals surface area contributed by atoms with Crippen LogP contribution in [0.2, 0.25) is 0 Å². The molecule has 1 aliphatic rings. The topological polar surface area (TPSA) is 65.1 Å². The molecule has 0 unspecified atom stereocenters. The van der Waals surface area contributed by atoms with E-state index in [4.69, 9.17) is 14.2 Å². The van der Waals surface area contributed by atoms with Crippen LogP contribution in [0.3, 0.4) is 0 Å². The molecule has 0 saturated carbocycles. The number of esters is 1. The van der Waals surface area contributed by atoms with Gasteiger partial charge in [0.2, 0.25) is 6.79 Å². The summed E-state index contributed by atoms with van der Waals surface area (Å²) in [5.74, 6) is 0.658. The number of aryl methyl sites for hydroxylation is 1. The Bertz CT molecular complexity index is 862. The largest absolute Gasteiger partial charge is 0.454 e. The number of nitrogens with zero attached hydrogens (tertiary/aromatic N) is 1. The van der Waals surface area contributed by atoms with Crippen LogP contribution in [0.15, 0.2) is 36.4 Å². The minimum atomic E-state index is -0.483. The third-order valence-electron chi connectivity index (χ3n) is 4.70. The van der Waals surface area contributed by atoms with Gasteiger partial charge < -0.3 is 19.1 Å². The molecule has 0 fully saturated rings. The number of likely N-dealkylation sites (N-methyl/N-ethyl adjacent to an activating group) is 1. The average Bonchev–Trinajstić information content (AvgIpc) is 3.13. The number of carbonyl (C=O) groups excluding carboxylic acids is 2. The highest BCUT2D eigenvalue weighted by atomic mass is 16.7. The quantitative estimate of drug-likeness (QED) is 0.732. The van der Waals surface area contributed by atoms with E-state index >= 15 is 0 Å². The van der Waals surface area contributed by atoms with E-state index in [1.165, 1.54) is 0 Å². The lowest BCUT2D eigenvalue weighted by atomic mass is 10.0. The molecule has 0 atom stereocenters. The van der Waals surface area contributed by atoms with Crippen LogP contribution in [0.5, 0.6) is 11.5 Å². The minimum absolute atomic E-state index is 0.212. The molecule has 0 aliphatic carbocycles. The highest BCUT2D eigenvalue weighted by Gasteiger charge is 2.19. The summed E-state index contributed by atoms with van der Waals surface area (Å²) in [4.78, 5) is 26.4. The van der Waals surface area contributed by atoms with Gasteiger partial charge in [-0.25, -0.2) is 4.79 Å². The van der Waals surface area contributed by atoms with Crippen molar-refractivity contribution in [2.45, 2.75) is 27.3 Å². The smallest absolute Gasteiger partial charge is 0.338 e. The van der Waals surface area contributed by atoms with Crippen molar-refractivity contribution in [3.05, 3.63) is 58.7 Å². The molecule has 2 aromatic rings. The summed E-state index contributed by atoms with van der Waals surface area (Å²) >= 11 is 0. The lowest BCUT2D eigenvalue weighted by Crippen LogP contribution is -2.34. The van der Waals surface area contributed by atoms with Crippen LogP contribution >= 0.6 is 0 Å². The van der Waals surface area contributed by atoms with Gasteiger partial charge >= 0.3 is 5.97 Å². The summed E-state index contributed by atoms with van der Waals surface area (Å²) in [6, 6.07) is 11.0. The molecule has 142 valence electrons. The van der Waals surface area contributed by atoms with Crippen LogP contribution in [0.4, 0.5) is 0 Å². The van der Waals surface area contributed by atoms with Gasteiger partial charge in [-0.05, 0) is 55.7 Å². The van der Waals surface area contributed by atoms with Gasteiger partial charge in [0, 0.05) is 13.1 Å². The molecule has 3 rings (SSSR count). The first kappa shape index (κ1) is 18.8. The first-order valence-electron chi connectivity index (χ1n) is 8.89. The van der Waals surface area contributed by atoms with Crippen LogP contribution < -0.4 is 9.47 Å². The van der Waals surface area contributed by atoms with Crippen molar-refractivity contribution in [3.63, 3.8) is 0 Å². The Hall–Kier alpha value is -3.02. The summed E-state index contributed by atoms with van der Waals surface area (Å²) in [5.41, 5.74) is 3.29. The van der Waals surface area contributed by atoms with Crippen LogP contribution in [-0.4, -0.2) is 36.7 Å². The van der Waals surface area contributed by atoms with Gasteiger partial charge in [0.05, 0.1) is 5.56 Å². The van der Waals surface area contributed by atoms with Crippen molar-refractivity contribution in [1.29, 1.82) is 0 Å². The molecule has 0 spiro atoms. The van der Waals surface area contributed by atoms with Gasteiger partial charge in [0.15, 0.2) is 18.1 Å². The van der Waals surface area contributed by atoms with Gasteiger partial charge in [-0.1, -0.05) is 18.2 Å². The Kier molecular flexibility index (Phi) is 5.64. The average molecular weight is 369 g/mol. The summed E-state index contributed by atoms with van der Waals surface area (Å²) in [6.07, 6.45) is 0. The molecule has 0 bridgehead atoms. The third kappa shape index (κ3) is 4.22. The summed E-state index contributed by atoms with van der Waals surface area (Å²) in [5, 5.41) is 0. The second-order valence-electron chi connectivity index (χ2n) is 6.42. The van der Waals surface area contributed by atoms with E-state index in [2.05, 4.69) is 0 Å². The normalized spacial score (nSPS) is 12.0. The Balaban J connectivity index is 1.60. The molecular formula is C21H23NO5. The number of hydrogen-bond acceptors (Lipinski definition) is 5. The van der Waals surface area contributed by atoms with Crippen molar-refractivity contribution in [3.8, 4) is 11.5 Å². The van der Waals surface area contributed by atoms with Gasteiger partial charge in [-0.15, -0.1) is 0 Å². The summed E-state index contributed by atoms with van der Waals surface area (Å²) in [7, 11) is 0. The van der Waals surface area contributed by atoms with E-state index in [1.54, 1.807) is 17.0 Å². The van der Waals surface area contributed by atoms with E-state index < -0.39 is 5.97 Å². The second kappa shape index (κ2) is 8.12.